The molecule has 0 aliphatic carbocycles. The van der Waals surface area contributed by atoms with E-state index in [1.165, 1.54) is 0 Å². The van der Waals surface area contributed by atoms with Crippen LogP contribution < -0.4 is 4.90 Å². The quantitative estimate of drug-likeness (QED) is 0.863. The molecule has 0 saturated heterocycles. The molecule has 0 fully saturated rings. The van der Waals surface area contributed by atoms with Crippen molar-refractivity contribution >= 4 is 29.2 Å². The maximum atomic E-state index is 9.03. The Morgan fingerprint density at radius 1 is 1.53 bits per heavy atom. The van der Waals surface area contributed by atoms with Gasteiger partial charge in [-0.15, -0.1) is 0 Å². The van der Waals surface area contributed by atoms with Gasteiger partial charge in [0.2, 0.25) is 0 Å². The normalized spacial score (nSPS) is 10.4. The summed E-state index contributed by atoms with van der Waals surface area (Å²) in [4.78, 5) is 6.33. The number of hydrogen-bond acceptors (Lipinski definition) is 4. The van der Waals surface area contributed by atoms with E-state index in [2.05, 4.69) is 11.2 Å². The van der Waals surface area contributed by atoms with Gasteiger partial charge in [0, 0.05) is 19.3 Å². The van der Waals surface area contributed by atoms with Crippen LogP contribution in [0.4, 0.5) is 5.82 Å². The first-order chi connectivity index (χ1) is 7.19. The van der Waals surface area contributed by atoms with Crippen molar-refractivity contribution in [2.24, 2.45) is 0 Å². The van der Waals surface area contributed by atoms with Gasteiger partial charge >= 0.3 is 0 Å². The number of pyridine rings is 1. The summed E-state index contributed by atoms with van der Waals surface area (Å²) in [6.07, 6.45) is 2.07. The molecule has 0 saturated carbocycles. The van der Waals surface area contributed by atoms with E-state index in [-0.39, 0.29) is 6.61 Å². The van der Waals surface area contributed by atoms with Crippen LogP contribution in [0.25, 0.3) is 0 Å². The maximum absolute atomic E-state index is 9.03. The second-order valence-corrected chi connectivity index (χ2v) is 4.56. The fourth-order valence-corrected chi connectivity index (χ4v) is 1.76. The van der Waals surface area contributed by atoms with Crippen molar-refractivity contribution in [2.45, 2.75) is 6.61 Å². The first kappa shape index (κ1) is 12.6. The summed E-state index contributed by atoms with van der Waals surface area (Å²) in [7, 11) is 1.98. The molecule has 0 aromatic carbocycles. The Balaban J connectivity index is 2.76. The maximum Gasteiger partial charge on any atom is 0.128 e. The van der Waals surface area contributed by atoms with Crippen molar-refractivity contribution in [3.8, 4) is 0 Å². The molecule has 3 nitrogen and oxygen atoms in total. The predicted octanol–water partition coefficient (Wildman–Crippen LogP) is 2.03. The molecule has 1 aromatic heterocycles. The van der Waals surface area contributed by atoms with Crippen LogP contribution in [-0.4, -0.2) is 35.7 Å². The second-order valence-electron chi connectivity index (χ2n) is 3.17. The zero-order valence-electron chi connectivity index (χ0n) is 8.90. The molecule has 1 rings (SSSR count). The second kappa shape index (κ2) is 6.20. The van der Waals surface area contributed by atoms with Gasteiger partial charge in [-0.05, 0) is 18.4 Å². The predicted molar refractivity (Wildman–Crippen MR) is 66.8 cm³/mol. The van der Waals surface area contributed by atoms with Gasteiger partial charge in [-0.25, -0.2) is 4.98 Å². The molecule has 0 bridgehead atoms. The summed E-state index contributed by atoms with van der Waals surface area (Å²) in [5.74, 6) is 1.90. The topological polar surface area (TPSA) is 36.4 Å². The Labute approximate surface area is 99.5 Å². The number of aromatic nitrogens is 1. The SMILES string of the molecule is CSCCN(C)c1ccc(Cl)c(CO)n1. The fraction of sp³-hybridized carbons (Fsp3) is 0.500. The highest BCUT2D eigenvalue weighted by Crippen LogP contribution is 2.18. The summed E-state index contributed by atoms with van der Waals surface area (Å²) in [6, 6.07) is 3.63. The average Bonchev–Trinajstić information content (AvgIpc) is 2.26. The van der Waals surface area contributed by atoms with Crippen LogP contribution in [-0.2, 0) is 6.61 Å². The minimum Gasteiger partial charge on any atom is -0.390 e. The fourth-order valence-electron chi connectivity index (χ4n) is 1.14. The van der Waals surface area contributed by atoms with Gasteiger partial charge < -0.3 is 10.0 Å². The molecule has 0 radical (unpaired) electrons. The molecule has 1 aromatic rings. The molecule has 1 N–H and O–H groups in total. The summed E-state index contributed by atoms with van der Waals surface area (Å²) in [5.41, 5.74) is 0.533. The van der Waals surface area contributed by atoms with Gasteiger partial charge in [0.25, 0.3) is 0 Å². The summed E-state index contributed by atoms with van der Waals surface area (Å²) >= 11 is 7.65. The smallest absolute Gasteiger partial charge is 0.128 e. The summed E-state index contributed by atoms with van der Waals surface area (Å²) in [5, 5.41) is 9.54. The van der Waals surface area contributed by atoms with E-state index in [1.807, 2.05) is 18.0 Å². The molecule has 1 heterocycles. The molecule has 0 aliphatic rings. The standard InChI is InChI=1S/C10H15ClN2OS/c1-13(5-6-15-2)10-4-3-8(11)9(7-14)12-10/h3-4,14H,5-7H2,1-2H3. The van der Waals surface area contributed by atoms with Crippen LogP contribution >= 0.6 is 23.4 Å². The number of anilines is 1. The molecular formula is C10H15ClN2OS. The van der Waals surface area contributed by atoms with Gasteiger partial charge in [0.05, 0.1) is 17.3 Å². The third kappa shape index (κ3) is 3.55. The van der Waals surface area contributed by atoms with Crippen molar-refractivity contribution in [2.75, 3.05) is 30.5 Å². The average molecular weight is 247 g/mol. The van der Waals surface area contributed by atoms with Crippen LogP contribution in [0.1, 0.15) is 5.69 Å². The van der Waals surface area contributed by atoms with Crippen molar-refractivity contribution < 1.29 is 5.11 Å². The lowest BCUT2D eigenvalue weighted by Crippen LogP contribution is -2.21. The molecule has 15 heavy (non-hydrogen) atoms. The Bertz CT molecular complexity index is 322. The molecular weight excluding hydrogens is 232 g/mol. The third-order valence-electron chi connectivity index (χ3n) is 2.08. The van der Waals surface area contributed by atoms with Crippen LogP contribution in [0.2, 0.25) is 5.02 Å². The van der Waals surface area contributed by atoms with E-state index in [0.717, 1.165) is 18.1 Å². The Kier molecular flexibility index (Phi) is 5.22. The van der Waals surface area contributed by atoms with Gasteiger partial charge in [0.1, 0.15) is 5.82 Å². The Morgan fingerprint density at radius 3 is 2.87 bits per heavy atom. The van der Waals surface area contributed by atoms with E-state index >= 15 is 0 Å². The lowest BCUT2D eigenvalue weighted by atomic mass is 10.3. The molecule has 84 valence electrons. The number of hydrogen-bond donors (Lipinski definition) is 1. The number of aliphatic hydroxyl groups excluding tert-OH is 1. The minimum absolute atomic E-state index is 0.122. The summed E-state index contributed by atoms with van der Waals surface area (Å²) < 4.78 is 0. The summed E-state index contributed by atoms with van der Waals surface area (Å²) in [6.45, 7) is 0.809. The molecule has 0 atom stereocenters. The third-order valence-corrected chi connectivity index (χ3v) is 3.01. The Hall–Kier alpha value is -0.450. The van der Waals surface area contributed by atoms with Crippen molar-refractivity contribution in [1.29, 1.82) is 0 Å². The van der Waals surface area contributed by atoms with E-state index in [1.54, 1.807) is 17.8 Å². The van der Waals surface area contributed by atoms with E-state index in [4.69, 9.17) is 16.7 Å². The van der Waals surface area contributed by atoms with Gasteiger partial charge in [0.15, 0.2) is 0 Å². The minimum atomic E-state index is -0.122. The van der Waals surface area contributed by atoms with E-state index < -0.39 is 0 Å². The monoisotopic (exact) mass is 246 g/mol. The van der Waals surface area contributed by atoms with Crippen molar-refractivity contribution in [1.82, 2.24) is 4.98 Å². The van der Waals surface area contributed by atoms with Gasteiger partial charge in [-0.1, -0.05) is 11.6 Å². The number of thioether (sulfide) groups is 1. The van der Waals surface area contributed by atoms with E-state index in [9.17, 15) is 0 Å². The van der Waals surface area contributed by atoms with Crippen LogP contribution in [0.5, 0.6) is 0 Å². The van der Waals surface area contributed by atoms with Gasteiger partial charge in [-0.2, -0.15) is 11.8 Å². The van der Waals surface area contributed by atoms with Crippen LogP contribution in [0, 0.1) is 0 Å². The Morgan fingerprint density at radius 2 is 2.27 bits per heavy atom. The number of aliphatic hydroxyl groups is 1. The highest BCUT2D eigenvalue weighted by atomic mass is 35.5. The van der Waals surface area contributed by atoms with Crippen molar-refractivity contribution in [3.63, 3.8) is 0 Å². The molecule has 0 unspecified atom stereocenters. The highest BCUT2D eigenvalue weighted by Gasteiger charge is 2.06. The highest BCUT2D eigenvalue weighted by molar-refractivity contribution is 7.98. The molecule has 0 spiro atoms. The van der Waals surface area contributed by atoms with E-state index in [0.29, 0.717) is 10.7 Å². The molecule has 0 aliphatic heterocycles. The van der Waals surface area contributed by atoms with Crippen LogP contribution in [0.15, 0.2) is 12.1 Å². The lowest BCUT2D eigenvalue weighted by Gasteiger charge is -2.18. The zero-order valence-corrected chi connectivity index (χ0v) is 10.5. The lowest BCUT2D eigenvalue weighted by molar-refractivity contribution is 0.277. The number of rotatable bonds is 5. The molecule has 0 amide bonds. The van der Waals surface area contributed by atoms with Crippen LogP contribution in [0.3, 0.4) is 0 Å². The largest absolute Gasteiger partial charge is 0.390 e. The first-order valence-corrected chi connectivity index (χ1v) is 6.42. The van der Waals surface area contributed by atoms with Crippen molar-refractivity contribution in [3.05, 3.63) is 22.8 Å². The molecule has 5 heteroatoms. The number of halogens is 1. The van der Waals surface area contributed by atoms with Gasteiger partial charge in [-0.3, -0.25) is 0 Å². The first-order valence-electron chi connectivity index (χ1n) is 4.65. The number of nitrogens with zero attached hydrogens (tertiary/aromatic N) is 2. The zero-order chi connectivity index (χ0) is 11.3.